The zero-order valence-corrected chi connectivity index (χ0v) is 13.3. The Morgan fingerprint density at radius 1 is 1.23 bits per heavy atom. The summed E-state index contributed by atoms with van der Waals surface area (Å²) in [5, 5.41) is 4.64. The van der Waals surface area contributed by atoms with Crippen molar-refractivity contribution in [3.63, 3.8) is 0 Å². The molecule has 112 valence electrons. The number of benzene rings is 2. The minimum absolute atomic E-state index is 0.0328. The maximum atomic E-state index is 12.3. The van der Waals surface area contributed by atoms with Gasteiger partial charge in [-0.25, -0.2) is 0 Å². The van der Waals surface area contributed by atoms with Crippen molar-refractivity contribution < 1.29 is 4.79 Å². The molecule has 1 amide bonds. The average Bonchev–Trinajstić information content (AvgIpc) is 2.86. The molecule has 0 saturated heterocycles. The van der Waals surface area contributed by atoms with Crippen LogP contribution in [-0.2, 0) is 11.2 Å². The molecular formula is C18H17ClN2O. The number of carbonyl (C=O) groups is 1. The van der Waals surface area contributed by atoms with Crippen LogP contribution in [0, 0.1) is 13.8 Å². The van der Waals surface area contributed by atoms with Gasteiger partial charge in [-0.3, -0.25) is 4.79 Å². The predicted molar refractivity (Wildman–Crippen MR) is 91.6 cm³/mol. The first-order chi connectivity index (χ1) is 10.5. The van der Waals surface area contributed by atoms with Gasteiger partial charge in [0.1, 0.15) is 0 Å². The van der Waals surface area contributed by atoms with E-state index < -0.39 is 0 Å². The zero-order chi connectivity index (χ0) is 15.7. The van der Waals surface area contributed by atoms with Gasteiger partial charge in [0.05, 0.1) is 6.42 Å². The van der Waals surface area contributed by atoms with Gasteiger partial charge >= 0.3 is 0 Å². The molecule has 3 rings (SSSR count). The van der Waals surface area contributed by atoms with Gasteiger partial charge in [0.15, 0.2) is 0 Å². The molecule has 0 spiro atoms. The molecule has 3 nitrogen and oxygen atoms in total. The van der Waals surface area contributed by atoms with Crippen molar-refractivity contribution in [1.82, 2.24) is 4.98 Å². The quantitative estimate of drug-likeness (QED) is 0.728. The Hall–Kier alpha value is -2.26. The van der Waals surface area contributed by atoms with Crippen molar-refractivity contribution in [2.24, 2.45) is 0 Å². The van der Waals surface area contributed by atoms with Crippen molar-refractivity contribution in [2.45, 2.75) is 20.3 Å². The summed E-state index contributed by atoms with van der Waals surface area (Å²) in [6.45, 7) is 4.04. The molecule has 3 aromatic rings. The number of amides is 1. The second-order valence-electron chi connectivity index (χ2n) is 5.48. The number of nitrogens with one attached hydrogen (secondary N) is 2. The lowest BCUT2D eigenvalue weighted by Gasteiger charge is -2.10. The molecule has 0 bridgehead atoms. The summed E-state index contributed by atoms with van der Waals surface area (Å²) in [5.74, 6) is -0.0328. The molecule has 0 aliphatic carbocycles. The van der Waals surface area contributed by atoms with Crippen LogP contribution >= 0.6 is 11.6 Å². The van der Waals surface area contributed by atoms with Gasteiger partial charge in [-0.05, 0) is 54.8 Å². The summed E-state index contributed by atoms with van der Waals surface area (Å²) in [6, 6.07) is 11.5. The molecule has 0 saturated carbocycles. The second kappa shape index (κ2) is 5.85. The zero-order valence-electron chi connectivity index (χ0n) is 12.5. The molecular weight excluding hydrogens is 296 g/mol. The molecule has 2 aromatic carbocycles. The SMILES string of the molecule is Cc1cccc(NC(=O)Cc2c[nH]c3ccc(Cl)cc23)c1C. The van der Waals surface area contributed by atoms with Gasteiger partial charge in [0.25, 0.3) is 0 Å². The number of aryl methyl sites for hydroxylation is 1. The highest BCUT2D eigenvalue weighted by Crippen LogP contribution is 2.23. The standard InChI is InChI=1S/C18H17ClN2O/c1-11-4-3-5-16(12(11)2)21-18(22)8-13-10-20-17-7-6-14(19)9-15(13)17/h3-7,9-10,20H,8H2,1-2H3,(H,21,22). The number of hydrogen-bond donors (Lipinski definition) is 2. The van der Waals surface area contributed by atoms with Gasteiger partial charge < -0.3 is 10.3 Å². The van der Waals surface area contributed by atoms with Gasteiger partial charge in [-0.1, -0.05) is 23.7 Å². The van der Waals surface area contributed by atoms with Crippen LogP contribution in [0.5, 0.6) is 0 Å². The fourth-order valence-corrected chi connectivity index (χ4v) is 2.72. The van der Waals surface area contributed by atoms with Crippen LogP contribution in [-0.4, -0.2) is 10.9 Å². The van der Waals surface area contributed by atoms with Crippen LogP contribution in [0.1, 0.15) is 16.7 Å². The van der Waals surface area contributed by atoms with Gasteiger partial charge in [0, 0.05) is 27.8 Å². The number of anilines is 1. The average molecular weight is 313 g/mol. The number of rotatable bonds is 3. The Balaban J connectivity index is 1.81. The Bertz CT molecular complexity index is 851. The molecule has 2 N–H and O–H groups in total. The van der Waals surface area contributed by atoms with Crippen LogP contribution < -0.4 is 5.32 Å². The van der Waals surface area contributed by atoms with E-state index in [0.717, 1.165) is 33.3 Å². The summed E-state index contributed by atoms with van der Waals surface area (Å²) >= 11 is 6.04. The van der Waals surface area contributed by atoms with E-state index >= 15 is 0 Å². The predicted octanol–water partition coefficient (Wildman–Crippen LogP) is 4.62. The smallest absolute Gasteiger partial charge is 0.228 e. The fraction of sp³-hybridized carbons (Fsp3) is 0.167. The van der Waals surface area contributed by atoms with E-state index in [-0.39, 0.29) is 5.91 Å². The van der Waals surface area contributed by atoms with E-state index in [1.54, 1.807) is 0 Å². The van der Waals surface area contributed by atoms with E-state index in [1.807, 2.05) is 56.4 Å². The largest absolute Gasteiger partial charge is 0.361 e. The highest BCUT2D eigenvalue weighted by molar-refractivity contribution is 6.31. The Morgan fingerprint density at radius 3 is 2.86 bits per heavy atom. The summed E-state index contributed by atoms with van der Waals surface area (Å²) in [6.07, 6.45) is 2.18. The Kier molecular flexibility index (Phi) is 3.90. The van der Waals surface area contributed by atoms with Crippen molar-refractivity contribution >= 4 is 34.1 Å². The van der Waals surface area contributed by atoms with E-state index in [4.69, 9.17) is 11.6 Å². The number of carbonyl (C=O) groups excluding carboxylic acids is 1. The second-order valence-corrected chi connectivity index (χ2v) is 5.91. The van der Waals surface area contributed by atoms with E-state index in [1.165, 1.54) is 0 Å². The highest BCUT2D eigenvalue weighted by Gasteiger charge is 2.11. The summed E-state index contributed by atoms with van der Waals surface area (Å²) in [5.41, 5.74) is 5.05. The van der Waals surface area contributed by atoms with Crippen LogP contribution in [0.15, 0.2) is 42.6 Å². The first-order valence-electron chi connectivity index (χ1n) is 7.16. The molecule has 1 aromatic heterocycles. The molecule has 0 radical (unpaired) electrons. The van der Waals surface area contributed by atoms with E-state index in [9.17, 15) is 4.79 Å². The van der Waals surface area contributed by atoms with E-state index in [2.05, 4.69) is 10.3 Å². The molecule has 0 atom stereocenters. The Labute approximate surface area is 134 Å². The number of hydrogen-bond acceptors (Lipinski definition) is 1. The van der Waals surface area contributed by atoms with Gasteiger partial charge in [-0.15, -0.1) is 0 Å². The van der Waals surface area contributed by atoms with Crippen molar-refractivity contribution in [3.05, 3.63) is 64.3 Å². The monoisotopic (exact) mass is 312 g/mol. The molecule has 0 fully saturated rings. The molecule has 22 heavy (non-hydrogen) atoms. The topological polar surface area (TPSA) is 44.9 Å². The number of halogens is 1. The molecule has 0 aliphatic heterocycles. The lowest BCUT2D eigenvalue weighted by Crippen LogP contribution is -2.15. The summed E-state index contributed by atoms with van der Waals surface area (Å²) < 4.78 is 0. The number of aromatic amines is 1. The first kappa shape index (κ1) is 14.7. The summed E-state index contributed by atoms with van der Waals surface area (Å²) in [4.78, 5) is 15.5. The fourth-order valence-electron chi connectivity index (χ4n) is 2.55. The number of H-pyrrole nitrogens is 1. The molecule has 4 heteroatoms. The maximum absolute atomic E-state index is 12.3. The molecule has 0 unspecified atom stereocenters. The van der Waals surface area contributed by atoms with Crippen molar-refractivity contribution in [1.29, 1.82) is 0 Å². The first-order valence-corrected chi connectivity index (χ1v) is 7.54. The lowest BCUT2D eigenvalue weighted by molar-refractivity contribution is -0.115. The van der Waals surface area contributed by atoms with Crippen LogP contribution in [0.2, 0.25) is 5.02 Å². The molecule has 1 heterocycles. The van der Waals surface area contributed by atoms with Gasteiger partial charge in [0.2, 0.25) is 5.91 Å². The van der Waals surface area contributed by atoms with Crippen LogP contribution in [0.3, 0.4) is 0 Å². The van der Waals surface area contributed by atoms with Gasteiger partial charge in [-0.2, -0.15) is 0 Å². The lowest BCUT2D eigenvalue weighted by atomic mass is 10.1. The number of fused-ring (bicyclic) bond motifs is 1. The number of aromatic nitrogens is 1. The third-order valence-corrected chi connectivity index (χ3v) is 4.19. The van der Waals surface area contributed by atoms with Crippen LogP contribution in [0.4, 0.5) is 5.69 Å². The third-order valence-electron chi connectivity index (χ3n) is 3.96. The Morgan fingerprint density at radius 2 is 2.05 bits per heavy atom. The van der Waals surface area contributed by atoms with Crippen LogP contribution in [0.25, 0.3) is 10.9 Å². The maximum Gasteiger partial charge on any atom is 0.228 e. The normalized spacial score (nSPS) is 10.9. The minimum atomic E-state index is -0.0328. The highest BCUT2D eigenvalue weighted by atomic mass is 35.5. The van der Waals surface area contributed by atoms with Crippen molar-refractivity contribution in [3.8, 4) is 0 Å². The summed E-state index contributed by atoms with van der Waals surface area (Å²) in [7, 11) is 0. The third kappa shape index (κ3) is 2.85. The molecule has 0 aliphatic rings. The minimum Gasteiger partial charge on any atom is -0.361 e. The van der Waals surface area contributed by atoms with E-state index in [0.29, 0.717) is 11.4 Å². The van der Waals surface area contributed by atoms with Crippen molar-refractivity contribution in [2.75, 3.05) is 5.32 Å².